The smallest absolute Gasteiger partial charge is 0.410 e. The molecule has 2 aromatic carbocycles. The molecule has 1 aliphatic rings. The number of nitrogens with zero attached hydrogens (tertiary/aromatic N) is 1. The number of amides is 1. The van der Waals surface area contributed by atoms with E-state index in [1.54, 1.807) is 11.9 Å². The number of hydrogen-bond donors (Lipinski definition) is 0. The first-order valence-electron chi connectivity index (χ1n) is 10.6. The minimum absolute atomic E-state index is 0.107. The molecule has 172 valence electrons. The Labute approximate surface area is 199 Å². The van der Waals surface area contributed by atoms with Gasteiger partial charge in [-0.1, -0.05) is 47.5 Å². The van der Waals surface area contributed by atoms with E-state index in [-0.39, 0.29) is 30.4 Å². The van der Waals surface area contributed by atoms with Crippen molar-refractivity contribution < 1.29 is 19.1 Å². The van der Waals surface area contributed by atoms with Crippen LogP contribution in [-0.4, -0.2) is 36.7 Å². The number of carbonyl (C=O) groups excluding carboxylic acids is 2. The summed E-state index contributed by atoms with van der Waals surface area (Å²) in [7, 11) is 3.13. The lowest BCUT2D eigenvalue weighted by Crippen LogP contribution is -2.38. The Morgan fingerprint density at radius 1 is 1.03 bits per heavy atom. The van der Waals surface area contributed by atoms with E-state index in [0.29, 0.717) is 10.0 Å². The lowest BCUT2D eigenvalue weighted by Gasteiger charge is -2.38. The van der Waals surface area contributed by atoms with Crippen molar-refractivity contribution in [1.82, 2.24) is 4.90 Å². The van der Waals surface area contributed by atoms with Gasteiger partial charge in [-0.25, -0.2) is 4.79 Å². The molecule has 1 amide bonds. The van der Waals surface area contributed by atoms with Crippen LogP contribution in [0, 0.1) is 0 Å². The molecule has 0 N–H and O–H groups in total. The van der Waals surface area contributed by atoms with E-state index in [4.69, 9.17) is 32.7 Å². The SMILES string of the molecule is COC(=O)Cc1ccc2c(c1)[C@@H](N(C)C(=O)OC(C)(C)C)CCC2c1ccc(Cl)c(Cl)c1. The average molecular weight is 478 g/mol. The zero-order valence-corrected chi connectivity index (χ0v) is 20.6. The molecule has 0 saturated heterocycles. The second-order valence-corrected chi connectivity index (χ2v) is 9.94. The van der Waals surface area contributed by atoms with Gasteiger partial charge >= 0.3 is 12.1 Å². The van der Waals surface area contributed by atoms with Crippen molar-refractivity contribution in [1.29, 1.82) is 0 Å². The van der Waals surface area contributed by atoms with Crippen LogP contribution < -0.4 is 0 Å². The summed E-state index contributed by atoms with van der Waals surface area (Å²) < 4.78 is 10.4. The minimum atomic E-state index is -0.585. The number of methoxy groups -OCH3 is 1. The Bertz CT molecular complexity index is 1020. The van der Waals surface area contributed by atoms with E-state index in [1.165, 1.54) is 7.11 Å². The molecule has 2 atom stereocenters. The molecule has 0 radical (unpaired) electrons. The number of ether oxygens (including phenoxy) is 2. The fourth-order valence-corrected chi connectivity index (χ4v) is 4.46. The highest BCUT2D eigenvalue weighted by Crippen LogP contribution is 2.45. The van der Waals surface area contributed by atoms with Crippen molar-refractivity contribution in [3.05, 3.63) is 68.7 Å². The van der Waals surface area contributed by atoms with E-state index in [0.717, 1.165) is 35.1 Å². The van der Waals surface area contributed by atoms with Crippen LogP contribution in [0.3, 0.4) is 0 Å². The summed E-state index contributed by atoms with van der Waals surface area (Å²) in [6, 6.07) is 11.5. The van der Waals surface area contributed by atoms with E-state index in [9.17, 15) is 9.59 Å². The van der Waals surface area contributed by atoms with Gasteiger partial charge in [-0.05, 0) is 68.0 Å². The molecular weight excluding hydrogens is 449 g/mol. The molecule has 32 heavy (non-hydrogen) atoms. The molecule has 5 nitrogen and oxygen atoms in total. The number of hydrogen-bond acceptors (Lipinski definition) is 4. The van der Waals surface area contributed by atoms with Crippen LogP contribution in [0.5, 0.6) is 0 Å². The first kappa shape index (κ1) is 24.4. The van der Waals surface area contributed by atoms with Gasteiger partial charge in [0.05, 0.1) is 29.6 Å². The van der Waals surface area contributed by atoms with Crippen LogP contribution in [0.2, 0.25) is 10.0 Å². The highest BCUT2D eigenvalue weighted by atomic mass is 35.5. The maximum atomic E-state index is 12.8. The summed E-state index contributed by atoms with van der Waals surface area (Å²) in [6.45, 7) is 5.55. The molecule has 0 saturated carbocycles. The Hall–Kier alpha value is -2.24. The molecular formula is C25H29Cl2NO4. The monoisotopic (exact) mass is 477 g/mol. The summed E-state index contributed by atoms with van der Waals surface area (Å²) in [5, 5.41) is 1.03. The third kappa shape index (κ3) is 5.57. The summed E-state index contributed by atoms with van der Waals surface area (Å²) in [6.07, 6.45) is 1.37. The number of halogens is 2. The van der Waals surface area contributed by atoms with E-state index in [1.807, 2.05) is 57.2 Å². The Morgan fingerprint density at radius 2 is 1.75 bits per heavy atom. The van der Waals surface area contributed by atoms with Crippen LogP contribution >= 0.6 is 23.2 Å². The molecule has 0 fully saturated rings. The Balaban J connectivity index is 2.02. The molecule has 3 rings (SSSR count). The standard InChI is InChI=1S/C25H29Cl2NO4/c1-25(2,3)32-24(30)28(4)22-11-9-17(16-7-10-20(26)21(27)14-16)18-8-6-15(12-19(18)22)13-23(29)31-5/h6-8,10,12,14,17,22H,9,11,13H2,1-5H3/t17?,22-/m0/s1. The highest BCUT2D eigenvalue weighted by Gasteiger charge is 2.34. The fraction of sp³-hybridized carbons (Fsp3) is 0.440. The van der Waals surface area contributed by atoms with Crippen LogP contribution in [-0.2, 0) is 20.7 Å². The second-order valence-electron chi connectivity index (χ2n) is 9.13. The van der Waals surface area contributed by atoms with Gasteiger partial charge in [0.1, 0.15) is 5.60 Å². The van der Waals surface area contributed by atoms with Gasteiger partial charge in [0, 0.05) is 13.0 Å². The van der Waals surface area contributed by atoms with Crippen molar-refractivity contribution >= 4 is 35.3 Å². The summed E-state index contributed by atoms with van der Waals surface area (Å²) >= 11 is 12.4. The lowest BCUT2D eigenvalue weighted by atomic mass is 9.75. The molecule has 1 aliphatic carbocycles. The molecule has 0 spiro atoms. The average Bonchev–Trinajstić information content (AvgIpc) is 2.73. The van der Waals surface area contributed by atoms with Crippen LogP contribution in [0.1, 0.15) is 67.8 Å². The lowest BCUT2D eigenvalue weighted by molar-refractivity contribution is -0.139. The number of esters is 1. The third-order valence-electron chi connectivity index (χ3n) is 5.69. The molecule has 0 aliphatic heterocycles. The normalized spacial score (nSPS) is 18.0. The number of carbonyl (C=O) groups is 2. The minimum Gasteiger partial charge on any atom is -0.469 e. The predicted molar refractivity (Wildman–Crippen MR) is 126 cm³/mol. The second kappa shape index (κ2) is 9.72. The zero-order chi connectivity index (χ0) is 23.6. The molecule has 0 heterocycles. The van der Waals surface area contributed by atoms with Gasteiger partial charge in [0.15, 0.2) is 0 Å². The van der Waals surface area contributed by atoms with Crippen LogP contribution in [0.15, 0.2) is 36.4 Å². The van der Waals surface area contributed by atoms with Gasteiger partial charge in [-0.15, -0.1) is 0 Å². The van der Waals surface area contributed by atoms with E-state index in [2.05, 4.69) is 0 Å². The quantitative estimate of drug-likeness (QED) is 0.468. The van der Waals surface area contributed by atoms with Gasteiger partial charge in [0.25, 0.3) is 0 Å². The van der Waals surface area contributed by atoms with Gasteiger partial charge in [-0.3, -0.25) is 4.79 Å². The van der Waals surface area contributed by atoms with Crippen molar-refractivity contribution in [3.8, 4) is 0 Å². The van der Waals surface area contributed by atoms with Crippen molar-refractivity contribution in [2.45, 2.75) is 57.6 Å². The van der Waals surface area contributed by atoms with Gasteiger partial charge in [0.2, 0.25) is 0 Å². The maximum Gasteiger partial charge on any atom is 0.410 e. The molecule has 0 aromatic heterocycles. The zero-order valence-electron chi connectivity index (χ0n) is 19.1. The summed E-state index contributed by atoms with van der Waals surface area (Å²) in [4.78, 5) is 26.3. The highest BCUT2D eigenvalue weighted by molar-refractivity contribution is 6.42. The number of benzene rings is 2. The first-order chi connectivity index (χ1) is 15.0. The number of rotatable bonds is 4. The molecule has 0 bridgehead atoms. The van der Waals surface area contributed by atoms with Gasteiger partial charge in [-0.2, -0.15) is 0 Å². The van der Waals surface area contributed by atoms with Crippen molar-refractivity contribution in [3.63, 3.8) is 0 Å². The third-order valence-corrected chi connectivity index (χ3v) is 6.42. The Kier molecular flexibility index (Phi) is 7.41. The topological polar surface area (TPSA) is 55.8 Å². The molecule has 7 heteroatoms. The number of fused-ring (bicyclic) bond motifs is 1. The van der Waals surface area contributed by atoms with E-state index < -0.39 is 5.60 Å². The molecule has 1 unspecified atom stereocenters. The predicted octanol–water partition coefficient (Wildman–Crippen LogP) is 6.54. The molecule has 2 aromatic rings. The first-order valence-corrected chi connectivity index (χ1v) is 11.4. The van der Waals surface area contributed by atoms with Gasteiger partial charge < -0.3 is 14.4 Å². The Morgan fingerprint density at radius 3 is 2.38 bits per heavy atom. The van der Waals surface area contributed by atoms with E-state index >= 15 is 0 Å². The van der Waals surface area contributed by atoms with Crippen molar-refractivity contribution in [2.24, 2.45) is 0 Å². The van der Waals surface area contributed by atoms with Crippen LogP contribution in [0.4, 0.5) is 4.79 Å². The summed E-state index contributed by atoms with van der Waals surface area (Å²) in [5.41, 5.74) is 3.43. The summed E-state index contributed by atoms with van der Waals surface area (Å²) in [5.74, 6) is -0.200. The van der Waals surface area contributed by atoms with Crippen LogP contribution in [0.25, 0.3) is 0 Å². The largest absolute Gasteiger partial charge is 0.469 e. The maximum absolute atomic E-state index is 12.8. The van der Waals surface area contributed by atoms with Crippen molar-refractivity contribution in [2.75, 3.05) is 14.2 Å². The fourth-order valence-electron chi connectivity index (χ4n) is 4.15.